The van der Waals surface area contributed by atoms with E-state index in [0.29, 0.717) is 25.2 Å². The third-order valence-corrected chi connectivity index (χ3v) is 20.9. The van der Waals surface area contributed by atoms with Crippen LogP contribution in [0, 0.1) is 5.92 Å². The Morgan fingerprint density at radius 1 is 0.406 bits per heavy atom. The molecule has 2 saturated heterocycles. The Hall–Kier alpha value is -2.30. The van der Waals surface area contributed by atoms with Gasteiger partial charge in [0.05, 0.1) is 13.2 Å². The highest BCUT2D eigenvalue weighted by atomic mass is 31.2. The maximum atomic E-state index is 14.4. The molecule has 1 saturated carbocycles. The van der Waals surface area contributed by atoms with Crippen molar-refractivity contribution in [2.24, 2.45) is 5.92 Å². The fourth-order valence-corrected chi connectivity index (χ4v) is 14.3. The van der Waals surface area contributed by atoms with E-state index in [-0.39, 0.29) is 19.3 Å². The van der Waals surface area contributed by atoms with Crippen LogP contribution >= 0.6 is 7.82 Å². The average molecular weight is 1470 g/mol. The van der Waals surface area contributed by atoms with Crippen molar-refractivity contribution in [2.75, 3.05) is 26.4 Å². The Morgan fingerprint density at radius 3 is 1.18 bits per heavy atom. The van der Waals surface area contributed by atoms with Crippen molar-refractivity contribution in [2.45, 2.75) is 421 Å². The maximum absolute atomic E-state index is 14.4. The van der Waals surface area contributed by atoms with Crippen molar-refractivity contribution in [3.63, 3.8) is 0 Å². The highest BCUT2D eigenvalue weighted by Crippen LogP contribution is 2.49. The fraction of sp³-hybridized carbons (Fsp3) is 0.934. The Balaban J connectivity index is 1.72. The first-order valence-electron chi connectivity index (χ1n) is 39.9. The number of aliphatic hydroxyl groups excluding tert-OH is 10. The minimum atomic E-state index is -5.70. The SMILES string of the molecule is CCCCCCCCC/C=C\CCCCCC(=O)OCC(COP(=O)(O)OC1C(OC2OC(CO)C(O)C(O)C2O)C(O)C(O)C(O)C1OC1OC(COC(=O)CCCCCCCCC(C)CCCCCCCC)C(O)C(O)C1O)OC(=O)CCCCCCCCCCCCCCCCCC. The predicted molar refractivity (Wildman–Crippen MR) is 384 cm³/mol. The number of hydrogen-bond acceptors (Lipinski definition) is 23. The van der Waals surface area contributed by atoms with Crippen LogP contribution in [0.4, 0.5) is 0 Å². The molecule has 25 heteroatoms. The van der Waals surface area contributed by atoms with Gasteiger partial charge in [-0.05, 0) is 50.9 Å². The van der Waals surface area contributed by atoms with Crippen LogP contribution in [0.25, 0.3) is 0 Å². The van der Waals surface area contributed by atoms with E-state index < -0.39 is 156 Å². The summed E-state index contributed by atoms with van der Waals surface area (Å²) in [6.45, 7) is 5.78. The molecule has 3 aliphatic rings. The van der Waals surface area contributed by atoms with Crippen LogP contribution in [-0.4, -0.2) is 204 Å². The van der Waals surface area contributed by atoms with Crippen LogP contribution in [0.15, 0.2) is 12.2 Å². The summed E-state index contributed by atoms with van der Waals surface area (Å²) in [5.41, 5.74) is 0. The molecule has 101 heavy (non-hydrogen) atoms. The molecule has 594 valence electrons. The van der Waals surface area contributed by atoms with E-state index in [1.807, 2.05) is 0 Å². The Bertz CT molecular complexity index is 2150. The predicted octanol–water partition coefficient (Wildman–Crippen LogP) is 11.8. The molecule has 19 atom stereocenters. The molecule has 2 heterocycles. The largest absolute Gasteiger partial charge is 0.472 e. The first-order valence-corrected chi connectivity index (χ1v) is 41.4. The average Bonchev–Trinajstić information content (AvgIpc) is 0.762. The van der Waals surface area contributed by atoms with Gasteiger partial charge in [0.2, 0.25) is 0 Å². The molecule has 3 rings (SSSR count). The number of phosphoric acid groups is 1. The van der Waals surface area contributed by atoms with E-state index in [1.165, 1.54) is 154 Å². The zero-order chi connectivity index (χ0) is 74.1. The summed E-state index contributed by atoms with van der Waals surface area (Å²) in [6, 6.07) is 0. The number of carbonyl (C=O) groups is 3. The number of allylic oxidation sites excluding steroid dienone is 2. The molecular weight excluding hydrogens is 1330 g/mol. The molecule has 2 aliphatic heterocycles. The monoisotopic (exact) mass is 1470 g/mol. The lowest BCUT2D eigenvalue weighted by atomic mass is 9.84. The van der Waals surface area contributed by atoms with Gasteiger partial charge in [-0.2, -0.15) is 0 Å². The Morgan fingerprint density at radius 2 is 0.752 bits per heavy atom. The van der Waals surface area contributed by atoms with Crippen LogP contribution < -0.4 is 0 Å². The smallest absolute Gasteiger partial charge is 0.463 e. The van der Waals surface area contributed by atoms with E-state index in [1.54, 1.807) is 0 Å². The quantitative estimate of drug-likeness (QED) is 0.00886. The van der Waals surface area contributed by atoms with E-state index in [4.69, 9.17) is 42.2 Å². The molecule has 0 bridgehead atoms. The standard InChI is InChI=1S/C76H141O24P/c1-5-8-11-14-17-19-21-23-25-26-28-30-32-34-41-46-51-62(80)95-57(53-92-60(78)49-44-39-33-31-29-27-24-22-20-18-15-12-9-6-2)54-94-101(90,91)100-74-72(98-75-70(88)65(83)63(81)58(52-77)96-75)68(86)67(85)69(87)73(74)99-76-71(89)66(84)64(82)59(97-76)55-93-61(79)50-45-40-36-35-38-43-48-56(4)47-42-37-16-13-10-7-3/h27,29,56-59,63-77,81-89H,5-26,28,30-55H2,1-4H3,(H,90,91)/b29-27-. The minimum Gasteiger partial charge on any atom is -0.463 e. The third-order valence-electron chi connectivity index (χ3n) is 19.9. The summed E-state index contributed by atoms with van der Waals surface area (Å²) in [4.78, 5) is 51.1. The van der Waals surface area contributed by atoms with Gasteiger partial charge < -0.3 is 89.1 Å². The van der Waals surface area contributed by atoms with Crippen molar-refractivity contribution in [3.05, 3.63) is 12.2 Å². The molecule has 0 radical (unpaired) electrons. The molecule has 0 aromatic rings. The van der Waals surface area contributed by atoms with Crippen molar-refractivity contribution < 1.29 is 117 Å². The molecule has 19 unspecified atom stereocenters. The second-order valence-electron chi connectivity index (χ2n) is 29.1. The molecule has 0 spiro atoms. The van der Waals surface area contributed by atoms with E-state index in [2.05, 4.69) is 39.8 Å². The van der Waals surface area contributed by atoms with E-state index >= 15 is 0 Å². The van der Waals surface area contributed by atoms with Gasteiger partial charge >= 0.3 is 25.7 Å². The van der Waals surface area contributed by atoms with E-state index in [0.717, 1.165) is 96.3 Å². The summed E-state index contributed by atoms with van der Waals surface area (Å²) in [5, 5.41) is 110. The number of ether oxygens (including phenoxy) is 7. The minimum absolute atomic E-state index is 0.0277. The topological polar surface area (TPSA) is 374 Å². The van der Waals surface area contributed by atoms with Crippen LogP contribution in [0.5, 0.6) is 0 Å². The van der Waals surface area contributed by atoms with Gasteiger partial charge in [-0.1, -0.05) is 265 Å². The fourth-order valence-electron chi connectivity index (χ4n) is 13.4. The van der Waals surface area contributed by atoms with E-state index in [9.17, 15) is 74.9 Å². The first kappa shape index (κ1) is 92.9. The summed E-state index contributed by atoms with van der Waals surface area (Å²) in [6.07, 6.45) is 15.5. The molecule has 0 aromatic heterocycles. The lowest BCUT2D eigenvalue weighted by Crippen LogP contribution is -2.69. The number of esters is 3. The second-order valence-corrected chi connectivity index (χ2v) is 30.5. The number of phosphoric ester groups is 1. The molecule has 1 aliphatic carbocycles. The zero-order valence-electron chi connectivity index (χ0n) is 62.4. The summed E-state index contributed by atoms with van der Waals surface area (Å²) >= 11 is 0. The molecule has 24 nitrogen and oxygen atoms in total. The normalized spacial score (nSPS) is 27.5. The van der Waals surface area contributed by atoms with Crippen molar-refractivity contribution in [3.8, 4) is 0 Å². The van der Waals surface area contributed by atoms with Crippen molar-refractivity contribution in [1.29, 1.82) is 0 Å². The van der Waals surface area contributed by atoms with Gasteiger partial charge in [-0.15, -0.1) is 0 Å². The van der Waals surface area contributed by atoms with Crippen molar-refractivity contribution in [1.82, 2.24) is 0 Å². The maximum Gasteiger partial charge on any atom is 0.472 e. The van der Waals surface area contributed by atoms with Gasteiger partial charge in [0.25, 0.3) is 0 Å². The van der Waals surface area contributed by atoms with Gasteiger partial charge in [0, 0.05) is 19.3 Å². The second kappa shape index (κ2) is 56.9. The Kier molecular flexibility index (Phi) is 52.4. The summed E-state index contributed by atoms with van der Waals surface area (Å²) < 4.78 is 65.2. The molecule has 0 aromatic carbocycles. The molecule has 0 amide bonds. The lowest BCUT2D eigenvalue weighted by molar-refractivity contribution is -0.360. The highest BCUT2D eigenvalue weighted by Gasteiger charge is 2.58. The number of rotatable bonds is 62. The third kappa shape index (κ3) is 39.9. The zero-order valence-corrected chi connectivity index (χ0v) is 63.3. The number of aliphatic hydroxyl groups is 10. The van der Waals surface area contributed by atoms with Crippen LogP contribution in [0.2, 0.25) is 0 Å². The summed E-state index contributed by atoms with van der Waals surface area (Å²) in [7, 11) is -5.70. The van der Waals surface area contributed by atoms with Gasteiger partial charge in [-0.3, -0.25) is 23.4 Å². The Labute approximate surface area is 605 Å². The molecule has 3 fully saturated rings. The number of carbonyl (C=O) groups excluding carboxylic acids is 3. The highest BCUT2D eigenvalue weighted by molar-refractivity contribution is 7.47. The van der Waals surface area contributed by atoms with Crippen LogP contribution in [-0.2, 0) is 61.2 Å². The lowest BCUT2D eigenvalue weighted by Gasteiger charge is -2.49. The summed E-state index contributed by atoms with van der Waals surface area (Å²) in [5.74, 6) is -1.30. The molecular formula is C76H141O24P. The number of unbranched alkanes of at least 4 members (excludes halogenated alkanes) is 35. The first-order chi connectivity index (χ1) is 48.7. The van der Waals surface area contributed by atoms with Gasteiger partial charge in [-0.25, -0.2) is 4.57 Å². The van der Waals surface area contributed by atoms with Crippen LogP contribution in [0.1, 0.15) is 317 Å². The van der Waals surface area contributed by atoms with Gasteiger partial charge in [0.1, 0.15) is 98.7 Å². The van der Waals surface area contributed by atoms with Crippen molar-refractivity contribution >= 4 is 25.7 Å². The molecule has 11 N–H and O–H groups in total. The van der Waals surface area contributed by atoms with Gasteiger partial charge in [0.15, 0.2) is 18.7 Å². The van der Waals surface area contributed by atoms with Crippen LogP contribution in [0.3, 0.4) is 0 Å². The number of hydrogen-bond donors (Lipinski definition) is 11.